The van der Waals surface area contributed by atoms with Gasteiger partial charge in [0.2, 0.25) is 5.89 Å². The number of carbonyl (C=O) groups is 1. The lowest BCUT2D eigenvalue weighted by molar-refractivity contribution is -0.137. The Balaban J connectivity index is 1.84. The summed E-state index contributed by atoms with van der Waals surface area (Å²) in [6.07, 6.45) is 2.29. The minimum Gasteiger partial charge on any atom is -0.481 e. The maximum atomic E-state index is 10.4. The largest absolute Gasteiger partial charge is 0.481 e. The van der Waals surface area contributed by atoms with Gasteiger partial charge in [0.05, 0.1) is 6.42 Å². The van der Waals surface area contributed by atoms with Crippen molar-refractivity contribution in [2.45, 2.75) is 25.7 Å². The van der Waals surface area contributed by atoms with Gasteiger partial charge in [0.25, 0.3) is 0 Å². The van der Waals surface area contributed by atoms with Crippen LogP contribution >= 0.6 is 0 Å². The lowest BCUT2D eigenvalue weighted by atomic mass is 10.1. The summed E-state index contributed by atoms with van der Waals surface area (Å²) in [5.41, 5.74) is 0. The van der Waals surface area contributed by atoms with Crippen molar-refractivity contribution in [2.75, 3.05) is 13.1 Å². The zero-order valence-electron chi connectivity index (χ0n) is 8.98. The van der Waals surface area contributed by atoms with Gasteiger partial charge in [-0.2, -0.15) is 4.98 Å². The smallest absolute Gasteiger partial charge is 0.303 e. The highest BCUT2D eigenvalue weighted by molar-refractivity contribution is 5.66. The number of carboxylic acids is 1. The molecule has 88 valence electrons. The van der Waals surface area contributed by atoms with Gasteiger partial charge >= 0.3 is 5.97 Å². The van der Waals surface area contributed by atoms with Crippen molar-refractivity contribution in [3.8, 4) is 0 Å². The highest BCUT2D eigenvalue weighted by Gasteiger charge is 2.18. The zero-order valence-corrected chi connectivity index (χ0v) is 8.98. The van der Waals surface area contributed by atoms with Gasteiger partial charge in [-0.1, -0.05) is 5.16 Å². The number of rotatable bonds is 5. The van der Waals surface area contributed by atoms with Crippen molar-refractivity contribution < 1.29 is 14.4 Å². The van der Waals surface area contributed by atoms with E-state index in [2.05, 4.69) is 15.5 Å². The highest BCUT2D eigenvalue weighted by Crippen LogP contribution is 2.13. The Kier molecular flexibility index (Phi) is 3.51. The molecule has 0 aromatic carbocycles. The summed E-state index contributed by atoms with van der Waals surface area (Å²) in [4.78, 5) is 14.5. The summed E-state index contributed by atoms with van der Waals surface area (Å²) < 4.78 is 4.98. The molecule has 1 atom stereocenters. The van der Waals surface area contributed by atoms with Crippen molar-refractivity contribution >= 4 is 5.97 Å². The fraction of sp³-hybridized carbons (Fsp3) is 0.700. The molecule has 0 bridgehead atoms. The average molecular weight is 225 g/mol. The van der Waals surface area contributed by atoms with Crippen molar-refractivity contribution in [2.24, 2.45) is 5.92 Å². The summed E-state index contributed by atoms with van der Waals surface area (Å²) in [6.45, 7) is 2.05. The second-order valence-electron chi connectivity index (χ2n) is 4.06. The van der Waals surface area contributed by atoms with Crippen LogP contribution in [0.4, 0.5) is 0 Å². The fourth-order valence-electron chi connectivity index (χ4n) is 1.84. The van der Waals surface area contributed by atoms with Gasteiger partial charge in [-0.05, 0) is 25.4 Å². The normalized spacial score (nSPS) is 20.1. The van der Waals surface area contributed by atoms with Gasteiger partial charge in [-0.15, -0.1) is 0 Å². The molecule has 1 aromatic rings. The zero-order chi connectivity index (χ0) is 11.4. The molecule has 1 saturated heterocycles. The molecule has 2 heterocycles. The molecule has 6 heteroatoms. The number of hydrogen-bond donors (Lipinski definition) is 2. The molecule has 0 radical (unpaired) electrons. The van der Waals surface area contributed by atoms with Crippen LogP contribution < -0.4 is 5.32 Å². The second kappa shape index (κ2) is 5.07. The van der Waals surface area contributed by atoms with Crippen LogP contribution in [0.1, 0.15) is 24.6 Å². The maximum Gasteiger partial charge on any atom is 0.303 e. The van der Waals surface area contributed by atoms with E-state index in [1.54, 1.807) is 0 Å². The van der Waals surface area contributed by atoms with Crippen LogP contribution in [0.25, 0.3) is 0 Å². The molecule has 16 heavy (non-hydrogen) atoms. The number of carboxylic acid groups (broad SMARTS) is 1. The summed E-state index contributed by atoms with van der Waals surface area (Å²) in [7, 11) is 0. The monoisotopic (exact) mass is 225 g/mol. The lowest BCUT2D eigenvalue weighted by Crippen LogP contribution is -2.11. The first kappa shape index (κ1) is 11.1. The molecule has 1 aliphatic heterocycles. The Bertz CT molecular complexity index is 358. The van der Waals surface area contributed by atoms with Crippen LogP contribution in [-0.4, -0.2) is 34.3 Å². The predicted molar refractivity (Wildman–Crippen MR) is 54.9 cm³/mol. The Morgan fingerprint density at radius 3 is 3.19 bits per heavy atom. The Morgan fingerprint density at radius 2 is 2.50 bits per heavy atom. The summed E-state index contributed by atoms with van der Waals surface area (Å²) in [5, 5.41) is 15.6. The number of aryl methyl sites for hydroxylation is 1. The van der Waals surface area contributed by atoms with Crippen LogP contribution in [0.5, 0.6) is 0 Å². The molecule has 0 aliphatic carbocycles. The van der Waals surface area contributed by atoms with Crippen molar-refractivity contribution in [3.05, 3.63) is 11.7 Å². The minimum atomic E-state index is -0.847. The third-order valence-electron chi connectivity index (χ3n) is 2.70. The van der Waals surface area contributed by atoms with Gasteiger partial charge in [-0.25, -0.2) is 0 Å². The first-order chi connectivity index (χ1) is 7.74. The quantitative estimate of drug-likeness (QED) is 0.746. The standard InChI is InChI=1S/C10H15N3O3/c14-10(15)2-1-9-12-8(13-16-9)5-7-3-4-11-6-7/h7,11H,1-6H2,(H,14,15). The fourth-order valence-corrected chi connectivity index (χ4v) is 1.84. The average Bonchev–Trinajstić information content (AvgIpc) is 2.87. The molecule has 0 amide bonds. The number of aliphatic carboxylic acids is 1. The maximum absolute atomic E-state index is 10.4. The molecule has 1 aliphatic rings. The molecule has 1 fully saturated rings. The topological polar surface area (TPSA) is 88.2 Å². The number of aromatic nitrogens is 2. The van der Waals surface area contributed by atoms with Crippen LogP contribution in [0.15, 0.2) is 4.52 Å². The first-order valence-corrected chi connectivity index (χ1v) is 5.48. The first-order valence-electron chi connectivity index (χ1n) is 5.48. The van der Waals surface area contributed by atoms with E-state index in [9.17, 15) is 4.79 Å². The molecule has 2 N–H and O–H groups in total. The lowest BCUT2D eigenvalue weighted by Gasteiger charge is -2.01. The molecule has 1 unspecified atom stereocenters. The number of hydrogen-bond acceptors (Lipinski definition) is 5. The van der Waals surface area contributed by atoms with Gasteiger partial charge in [-0.3, -0.25) is 4.79 Å². The van der Waals surface area contributed by atoms with Crippen molar-refractivity contribution in [1.82, 2.24) is 15.5 Å². The van der Waals surface area contributed by atoms with Crippen molar-refractivity contribution in [1.29, 1.82) is 0 Å². The van der Waals surface area contributed by atoms with E-state index in [-0.39, 0.29) is 6.42 Å². The predicted octanol–water partition coefficient (Wildman–Crippen LogP) is 0.239. The SMILES string of the molecule is O=C(O)CCc1nc(CC2CCNC2)no1. The van der Waals surface area contributed by atoms with E-state index in [0.717, 1.165) is 25.9 Å². The van der Waals surface area contributed by atoms with Crippen LogP contribution in [0.3, 0.4) is 0 Å². The van der Waals surface area contributed by atoms with E-state index in [4.69, 9.17) is 9.63 Å². The molecule has 0 spiro atoms. The number of nitrogens with one attached hydrogen (secondary N) is 1. The van der Waals surface area contributed by atoms with E-state index >= 15 is 0 Å². The third kappa shape index (κ3) is 3.03. The van der Waals surface area contributed by atoms with E-state index in [1.807, 2.05) is 0 Å². The molecular weight excluding hydrogens is 210 g/mol. The van der Waals surface area contributed by atoms with E-state index in [1.165, 1.54) is 0 Å². The van der Waals surface area contributed by atoms with Gasteiger partial charge < -0.3 is 14.9 Å². The number of nitrogens with zero attached hydrogens (tertiary/aromatic N) is 2. The molecule has 6 nitrogen and oxygen atoms in total. The summed E-state index contributed by atoms with van der Waals surface area (Å²) in [5.74, 6) is 0.835. The third-order valence-corrected chi connectivity index (χ3v) is 2.70. The Labute approximate surface area is 93.0 Å². The molecule has 2 rings (SSSR count). The second-order valence-corrected chi connectivity index (χ2v) is 4.06. The Morgan fingerprint density at radius 1 is 1.62 bits per heavy atom. The van der Waals surface area contributed by atoms with Crippen LogP contribution in [0, 0.1) is 5.92 Å². The summed E-state index contributed by atoms with van der Waals surface area (Å²) >= 11 is 0. The molecule has 1 aromatic heterocycles. The van der Waals surface area contributed by atoms with Crippen LogP contribution in [0.2, 0.25) is 0 Å². The minimum absolute atomic E-state index is 0.0343. The Hall–Kier alpha value is -1.43. The molecule has 0 saturated carbocycles. The van der Waals surface area contributed by atoms with Crippen LogP contribution in [-0.2, 0) is 17.6 Å². The highest BCUT2D eigenvalue weighted by atomic mass is 16.5. The summed E-state index contributed by atoms with van der Waals surface area (Å²) in [6, 6.07) is 0. The van der Waals surface area contributed by atoms with Crippen molar-refractivity contribution in [3.63, 3.8) is 0 Å². The van der Waals surface area contributed by atoms with E-state index < -0.39 is 5.97 Å². The molecular formula is C10H15N3O3. The van der Waals surface area contributed by atoms with Gasteiger partial charge in [0.15, 0.2) is 5.82 Å². The van der Waals surface area contributed by atoms with E-state index in [0.29, 0.717) is 24.1 Å². The van der Waals surface area contributed by atoms with Gasteiger partial charge in [0, 0.05) is 12.8 Å². The van der Waals surface area contributed by atoms with Gasteiger partial charge in [0.1, 0.15) is 0 Å².